The first kappa shape index (κ1) is 17.1. The maximum absolute atomic E-state index is 11.9. The van der Waals surface area contributed by atoms with Crippen molar-refractivity contribution < 1.29 is 9.27 Å². The molecule has 0 bridgehead atoms. The molecule has 1 aromatic carbocycles. The van der Waals surface area contributed by atoms with Crippen molar-refractivity contribution in [2.24, 2.45) is 5.92 Å². The van der Waals surface area contributed by atoms with Crippen molar-refractivity contribution in [2.45, 2.75) is 51.7 Å². The summed E-state index contributed by atoms with van der Waals surface area (Å²) in [6.07, 6.45) is 1.90. The molecule has 1 aliphatic carbocycles. The maximum Gasteiger partial charge on any atom is 0.288 e. The van der Waals surface area contributed by atoms with Gasteiger partial charge in [0.1, 0.15) is 5.52 Å². The first-order valence-electron chi connectivity index (χ1n) is 8.40. The van der Waals surface area contributed by atoms with Gasteiger partial charge >= 0.3 is 0 Å². The molecule has 2 N–H and O–H groups in total. The van der Waals surface area contributed by atoms with Gasteiger partial charge in [0.2, 0.25) is 0 Å². The number of benzene rings is 1. The third-order valence-electron chi connectivity index (χ3n) is 5.43. The van der Waals surface area contributed by atoms with Gasteiger partial charge in [-0.1, -0.05) is 20.8 Å². The summed E-state index contributed by atoms with van der Waals surface area (Å²) < 4.78 is 6.37. The molecule has 0 saturated carbocycles. The molecule has 24 heavy (non-hydrogen) atoms. The van der Waals surface area contributed by atoms with E-state index in [0.717, 1.165) is 19.4 Å². The SMILES string of the molecule is CC(C)(C)[Si](C)(C)OCC1Cc2cc3nc(N)n[n+]([O-])c3cc2C1. The zero-order valence-electron chi connectivity index (χ0n) is 15.1. The number of aromatic nitrogens is 3. The highest BCUT2D eigenvalue weighted by Crippen LogP contribution is 2.38. The summed E-state index contributed by atoms with van der Waals surface area (Å²) in [5.74, 6) is 0.463. The predicted molar refractivity (Wildman–Crippen MR) is 97.0 cm³/mol. The second-order valence-electron chi connectivity index (χ2n) is 8.30. The summed E-state index contributed by atoms with van der Waals surface area (Å²) in [6, 6.07) is 3.88. The minimum absolute atomic E-state index is 0.00765. The lowest BCUT2D eigenvalue weighted by molar-refractivity contribution is -0.641. The topological polar surface area (TPSA) is 88.0 Å². The van der Waals surface area contributed by atoms with E-state index in [9.17, 15) is 5.21 Å². The van der Waals surface area contributed by atoms with Crippen LogP contribution in [0.2, 0.25) is 18.1 Å². The van der Waals surface area contributed by atoms with Crippen molar-refractivity contribution in [3.05, 3.63) is 28.5 Å². The van der Waals surface area contributed by atoms with Gasteiger partial charge in [-0.05, 0) is 58.9 Å². The highest BCUT2D eigenvalue weighted by Gasteiger charge is 2.38. The van der Waals surface area contributed by atoms with Crippen LogP contribution in [0.5, 0.6) is 0 Å². The Morgan fingerprint density at radius 1 is 1.29 bits per heavy atom. The summed E-state index contributed by atoms with van der Waals surface area (Å²) in [6.45, 7) is 12.1. The first-order chi connectivity index (χ1) is 11.1. The molecule has 3 rings (SSSR count). The molecule has 1 aromatic heterocycles. The largest absolute Gasteiger partial charge is 0.594 e. The fourth-order valence-electron chi connectivity index (χ4n) is 2.93. The van der Waals surface area contributed by atoms with Gasteiger partial charge < -0.3 is 15.4 Å². The lowest BCUT2D eigenvalue weighted by Gasteiger charge is -2.37. The number of nitrogens with zero attached hydrogens (tertiary/aromatic N) is 3. The predicted octanol–water partition coefficient (Wildman–Crippen LogP) is 2.58. The van der Waals surface area contributed by atoms with Gasteiger partial charge in [0.15, 0.2) is 8.32 Å². The summed E-state index contributed by atoms with van der Waals surface area (Å²) in [7, 11) is -1.73. The van der Waals surface area contributed by atoms with Gasteiger partial charge in [0.05, 0.1) is 5.10 Å². The van der Waals surface area contributed by atoms with Crippen molar-refractivity contribution in [1.29, 1.82) is 0 Å². The molecule has 0 amide bonds. The lowest BCUT2D eigenvalue weighted by atomic mass is 10.1. The summed E-state index contributed by atoms with van der Waals surface area (Å²) in [5, 5.41) is 15.8. The van der Waals surface area contributed by atoms with Crippen LogP contribution in [-0.4, -0.2) is 25.0 Å². The van der Waals surface area contributed by atoms with Crippen molar-refractivity contribution in [3.8, 4) is 0 Å². The molecule has 130 valence electrons. The zero-order chi connectivity index (χ0) is 17.7. The van der Waals surface area contributed by atoms with Crippen LogP contribution in [0, 0.1) is 11.1 Å². The van der Waals surface area contributed by atoms with Crippen molar-refractivity contribution >= 4 is 25.3 Å². The molecule has 0 aliphatic heterocycles. The van der Waals surface area contributed by atoms with Crippen LogP contribution in [0.1, 0.15) is 31.9 Å². The molecule has 1 unspecified atom stereocenters. The third kappa shape index (κ3) is 3.10. The fraction of sp³-hybridized carbons (Fsp3) is 0.588. The quantitative estimate of drug-likeness (QED) is 0.524. The van der Waals surface area contributed by atoms with E-state index < -0.39 is 8.32 Å². The standard InChI is InChI=1S/C17H26N4O2Si/c1-17(2,3)24(4,5)23-10-11-6-12-8-14-15(9-13(12)7-11)21(22)20-16(18)19-14/h8-9,11H,6-7,10H2,1-5H3,(H2,18,19,20). The molecule has 0 spiro atoms. The third-order valence-corrected chi connectivity index (χ3v) is 9.94. The minimum atomic E-state index is -1.73. The second-order valence-corrected chi connectivity index (χ2v) is 13.1. The second kappa shape index (κ2) is 5.67. The molecular formula is C17H26N4O2Si. The van der Waals surface area contributed by atoms with E-state index in [-0.39, 0.29) is 11.0 Å². The normalized spacial score (nSPS) is 18.1. The summed E-state index contributed by atoms with van der Waals surface area (Å²) in [4.78, 5) is 4.74. The molecule has 7 heteroatoms. The molecule has 0 radical (unpaired) electrons. The minimum Gasteiger partial charge on any atom is -0.594 e. The van der Waals surface area contributed by atoms with E-state index >= 15 is 0 Å². The Hall–Kier alpha value is -1.73. The van der Waals surface area contributed by atoms with Crippen LogP contribution in [0.15, 0.2) is 12.1 Å². The van der Waals surface area contributed by atoms with Gasteiger partial charge in [-0.25, -0.2) is 4.98 Å². The molecular weight excluding hydrogens is 320 g/mol. The number of hydrogen-bond donors (Lipinski definition) is 1. The van der Waals surface area contributed by atoms with E-state index in [1.807, 2.05) is 12.1 Å². The van der Waals surface area contributed by atoms with Gasteiger partial charge in [-0.3, -0.25) is 0 Å². The average molecular weight is 347 g/mol. The van der Waals surface area contributed by atoms with E-state index in [4.69, 9.17) is 10.2 Å². The summed E-state index contributed by atoms with van der Waals surface area (Å²) in [5.41, 5.74) is 9.11. The fourth-order valence-corrected chi connectivity index (χ4v) is 4.02. The van der Waals surface area contributed by atoms with E-state index in [0.29, 0.717) is 21.8 Å². The van der Waals surface area contributed by atoms with Gasteiger partial charge in [0.25, 0.3) is 11.5 Å². The molecule has 0 saturated heterocycles. The summed E-state index contributed by atoms with van der Waals surface area (Å²) >= 11 is 0. The van der Waals surface area contributed by atoms with E-state index in [1.165, 1.54) is 11.1 Å². The molecule has 2 aromatic rings. The Bertz CT molecular complexity index is 786. The van der Waals surface area contributed by atoms with Crippen LogP contribution >= 0.6 is 0 Å². The van der Waals surface area contributed by atoms with Gasteiger partial charge in [-0.15, -0.1) is 0 Å². The van der Waals surface area contributed by atoms with E-state index in [1.54, 1.807) is 0 Å². The number of nitrogens with two attached hydrogens (primary N) is 1. The Kier molecular flexibility index (Phi) is 4.04. The monoisotopic (exact) mass is 346 g/mol. The Balaban J connectivity index is 1.78. The molecule has 1 atom stereocenters. The molecule has 1 aliphatic rings. The zero-order valence-corrected chi connectivity index (χ0v) is 16.1. The van der Waals surface area contributed by atoms with Crippen LogP contribution < -0.4 is 10.6 Å². The van der Waals surface area contributed by atoms with Crippen molar-refractivity contribution in [1.82, 2.24) is 10.1 Å². The highest BCUT2D eigenvalue weighted by molar-refractivity contribution is 6.74. The Labute approximate surface area is 143 Å². The molecule has 1 heterocycles. The number of rotatable bonds is 3. The smallest absolute Gasteiger partial charge is 0.288 e. The number of anilines is 1. The first-order valence-corrected chi connectivity index (χ1v) is 11.3. The van der Waals surface area contributed by atoms with Gasteiger partial charge in [-0.2, -0.15) is 0 Å². The van der Waals surface area contributed by atoms with E-state index in [2.05, 4.69) is 43.9 Å². The van der Waals surface area contributed by atoms with Crippen molar-refractivity contribution in [2.75, 3.05) is 12.3 Å². The van der Waals surface area contributed by atoms with Crippen LogP contribution in [0.25, 0.3) is 11.0 Å². The van der Waals surface area contributed by atoms with Gasteiger partial charge in [0, 0.05) is 12.7 Å². The highest BCUT2D eigenvalue weighted by atomic mass is 28.4. The number of fused-ring (bicyclic) bond motifs is 2. The van der Waals surface area contributed by atoms with Crippen molar-refractivity contribution in [3.63, 3.8) is 0 Å². The lowest BCUT2D eigenvalue weighted by Crippen LogP contribution is -2.42. The number of hydrogen-bond acceptors (Lipinski definition) is 5. The maximum atomic E-state index is 11.9. The van der Waals surface area contributed by atoms with Crippen LogP contribution in [0.4, 0.5) is 5.95 Å². The Morgan fingerprint density at radius 2 is 1.92 bits per heavy atom. The number of nitrogen functional groups attached to an aromatic ring is 1. The van der Waals surface area contributed by atoms with Crippen LogP contribution in [-0.2, 0) is 17.3 Å². The average Bonchev–Trinajstić information content (AvgIpc) is 2.84. The molecule has 0 fully saturated rings. The molecule has 6 nitrogen and oxygen atoms in total. The van der Waals surface area contributed by atoms with Crippen LogP contribution in [0.3, 0.4) is 0 Å². The Morgan fingerprint density at radius 3 is 2.54 bits per heavy atom.